The van der Waals surface area contributed by atoms with Gasteiger partial charge in [0.05, 0.1) is 5.00 Å². The number of carbonyl (C=O) groups is 1. The summed E-state index contributed by atoms with van der Waals surface area (Å²) in [6.07, 6.45) is 0.567. The molecule has 1 amide bonds. The first-order chi connectivity index (χ1) is 8.66. The van der Waals surface area contributed by atoms with Gasteiger partial charge < -0.3 is 10.6 Å². The summed E-state index contributed by atoms with van der Waals surface area (Å²) in [7, 11) is 0. The molecule has 1 atom stereocenters. The summed E-state index contributed by atoms with van der Waals surface area (Å²) >= 11 is 1.58. The van der Waals surface area contributed by atoms with Crippen molar-refractivity contribution in [1.82, 2.24) is 10.2 Å². The molecule has 2 rings (SSSR count). The number of nitrogens with one attached hydrogen (secondary N) is 2. The van der Waals surface area contributed by atoms with Crippen molar-refractivity contribution in [3.63, 3.8) is 0 Å². The zero-order valence-corrected chi connectivity index (χ0v) is 11.8. The highest BCUT2D eigenvalue weighted by Gasteiger charge is 2.19. The topological polar surface area (TPSA) is 44.4 Å². The van der Waals surface area contributed by atoms with Crippen LogP contribution in [0.2, 0.25) is 0 Å². The third-order valence-corrected chi connectivity index (χ3v) is 4.30. The Labute approximate surface area is 112 Å². The minimum atomic E-state index is 0.117. The van der Waals surface area contributed by atoms with E-state index < -0.39 is 0 Å². The zero-order chi connectivity index (χ0) is 13.0. The van der Waals surface area contributed by atoms with Gasteiger partial charge in [-0.2, -0.15) is 0 Å². The molecular formula is C13H21N3OS. The average Bonchev–Trinajstić information content (AvgIpc) is 2.76. The average molecular weight is 267 g/mol. The first kappa shape index (κ1) is 13.5. The number of piperazine rings is 1. The van der Waals surface area contributed by atoms with Gasteiger partial charge in [-0.25, -0.2) is 0 Å². The smallest absolute Gasteiger partial charge is 0.226 e. The van der Waals surface area contributed by atoms with Gasteiger partial charge in [0.15, 0.2) is 0 Å². The van der Waals surface area contributed by atoms with Crippen LogP contribution >= 0.6 is 11.3 Å². The Morgan fingerprint density at radius 1 is 1.56 bits per heavy atom. The SMILES string of the molecule is Cc1ccsc1NC(=O)CC(C)N1CCNCC1. The summed E-state index contributed by atoms with van der Waals surface area (Å²) < 4.78 is 0. The highest BCUT2D eigenvalue weighted by molar-refractivity contribution is 7.14. The predicted molar refractivity (Wildman–Crippen MR) is 76.2 cm³/mol. The van der Waals surface area contributed by atoms with Crippen molar-refractivity contribution >= 4 is 22.2 Å². The molecule has 0 aromatic carbocycles. The van der Waals surface area contributed by atoms with E-state index in [0.29, 0.717) is 12.5 Å². The van der Waals surface area contributed by atoms with Gasteiger partial charge in [-0.1, -0.05) is 0 Å². The second kappa shape index (κ2) is 6.31. The van der Waals surface area contributed by atoms with Gasteiger partial charge in [-0.3, -0.25) is 9.69 Å². The highest BCUT2D eigenvalue weighted by Crippen LogP contribution is 2.22. The second-order valence-corrected chi connectivity index (χ2v) is 5.74. The lowest BCUT2D eigenvalue weighted by Crippen LogP contribution is -2.48. The molecule has 1 fully saturated rings. The lowest BCUT2D eigenvalue weighted by atomic mass is 10.1. The monoisotopic (exact) mass is 267 g/mol. The Bertz CT molecular complexity index is 399. The van der Waals surface area contributed by atoms with Crippen LogP contribution in [-0.4, -0.2) is 43.0 Å². The van der Waals surface area contributed by atoms with Crippen LogP contribution < -0.4 is 10.6 Å². The maximum Gasteiger partial charge on any atom is 0.226 e. The van der Waals surface area contributed by atoms with Crippen LogP contribution in [0.3, 0.4) is 0 Å². The van der Waals surface area contributed by atoms with Crippen LogP contribution in [0.25, 0.3) is 0 Å². The van der Waals surface area contributed by atoms with Gasteiger partial charge in [-0.15, -0.1) is 11.3 Å². The molecule has 0 aliphatic carbocycles. The first-order valence-electron chi connectivity index (χ1n) is 6.45. The largest absolute Gasteiger partial charge is 0.317 e. The van der Waals surface area contributed by atoms with Crippen LogP contribution in [-0.2, 0) is 4.79 Å². The summed E-state index contributed by atoms with van der Waals surface area (Å²) in [6.45, 7) is 8.27. The number of thiophene rings is 1. The van der Waals surface area contributed by atoms with Crippen molar-refractivity contribution in [2.45, 2.75) is 26.3 Å². The fraction of sp³-hybridized carbons (Fsp3) is 0.615. The Morgan fingerprint density at radius 3 is 2.89 bits per heavy atom. The van der Waals surface area contributed by atoms with E-state index in [1.165, 1.54) is 0 Å². The molecule has 0 radical (unpaired) electrons. The number of amides is 1. The van der Waals surface area contributed by atoms with Crippen molar-refractivity contribution in [3.05, 3.63) is 17.0 Å². The molecule has 0 spiro atoms. The quantitative estimate of drug-likeness (QED) is 0.872. The summed E-state index contributed by atoms with van der Waals surface area (Å²) in [5.74, 6) is 0.117. The summed E-state index contributed by atoms with van der Waals surface area (Å²) in [5.41, 5.74) is 1.14. The molecule has 18 heavy (non-hydrogen) atoms. The van der Waals surface area contributed by atoms with Crippen LogP contribution in [0.15, 0.2) is 11.4 Å². The standard InChI is InChI=1S/C13H21N3OS/c1-10-3-8-18-13(10)15-12(17)9-11(2)16-6-4-14-5-7-16/h3,8,11,14H,4-7,9H2,1-2H3,(H,15,17). The molecule has 100 valence electrons. The molecule has 2 N–H and O–H groups in total. The number of rotatable bonds is 4. The Morgan fingerprint density at radius 2 is 2.28 bits per heavy atom. The fourth-order valence-corrected chi connectivity index (χ4v) is 3.03. The highest BCUT2D eigenvalue weighted by atomic mass is 32.1. The van der Waals surface area contributed by atoms with Crippen molar-refractivity contribution in [1.29, 1.82) is 0 Å². The Kier molecular flexibility index (Phi) is 4.74. The number of aryl methyl sites for hydroxylation is 1. The maximum absolute atomic E-state index is 12.0. The van der Waals surface area contributed by atoms with Crippen LogP contribution in [0, 0.1) is 6.92 Å². The molecule has 0 saturated carbocycles. The lowest BCUT2D eigenvalue weighted by Gasteiger charge is -2.32. The maximum atomic E-state index is 12.0. The van der Waals surface area contributed by atoms with E-state index >= 15 is 0 Å². The van der Waals surface area contributed by atoms with Crippen molar-refractivity contribution in [2.24, 2.45) is 0 Å². The third kappa shape index (κ3) is 3.54. The van der Waals surface area contributed by atoms with E-state index in [2.05, 4.69) is 22.5 Å². The second-order valence-electron chi connectivity index (χ2n) is 4.82. The number of nitrogens with zero attached hydrogens (tertiary/aromatic N) is 1. The molecule has 0 bridgehead atoms. The molecule has 5 heteroatoms. The van der Waals surface area contributed by atoms with Crippen molar-refractivity contribution < 1.29 is 4.79 Å². The van der Waals surface area contributed by atoms with E-state index in [1.807, 2.05) is 18.4 Å². The zero-order valence-electron chi connectivity index (χ0n) is 11.0. The van der Waals surface area contributed by atoms with Gasteiger partial charge in [-0.05, 0) is 30.9 Å². The third-order valence-electron chi connectivity index (χ3n) is 3.37. The Hall–Kier alpha value is -0.910. The number of hydrogen-bond acceptors (Lipinski definition) is 4. The Balaban J connectivity index is 1.81. The van der Waals surface area contributed by atoms with Gasteiger partial charge in [0.2, 0.25) is 5.91 Å². The fourth-order valence-electron chi connectivity index (χ4n) is 2.20. The molecule has 4 nitrogen and oxygen atoms in total. The molecule has 1 unspecified atom stereocenters. The molecule has 1 aliphatic heterocycles. The lowest BCUT2D eigenvalue weighted by molar-refractivity contribution is -0.117. The van der Waals surface area contributed by atoms with Gasteiger partial charge in [0.25, 0.3) is 0 Å². The van der Waals surface area contributed by atoms with Gasteiger partial charge >= 0.3 is 0 Å². The van der Waals surface area contributed by atoms with E-state index in [1.54, 1.807) is 11.3 Å². The van der Waals surface area contributed by atoms with E-state index in [0.717, 1.165) is 36.7 Å². The summed E-state index contributed by atoms with van der Waals surface area (Å²) in [5, 5.41) is 9.31. The summed E-state index contributed by atoms with van der Waals surface area (Å²) in [4.78, 5) is 14.3. The van der Waals surface area contributed by atoms with Crippen LogP contribution in [0.4, 0.5) is 5.00 Å². The van der Waals surface area contributed by atoms with Crippen LogP contribution in [0.5, 0.6) is 0 Å². The van der Waals surface area contributed by atoms with Gasteiger partial charge in [0, 0.05) is 38.6 Å². The van der Waals surface area contributed by atoms with E-state index in [-0.39, 0.29) is 5.91 Å². The minimum absolute atomic E-state index is 0.117. The molecule has 1 aromatic rings. The van der Waals surface area contributed by atoms with E-state index in [9.17, 15) is 4.79 Å². The van der Waals surface area contributed by atoms with Crippen molar-refractivity contribution in [3.8, 4) is 0 Å². The number of hydrogen-bond donors (Lipinski definition) is 2. The molecule has 1 saturated heterocycles. The van der Waals surface area contributed by atoms with Crippen molar-refractivity contribution in [2.75, 3.05) is 31.5 Å². The van der Waals surface area contributed by atoms with E-state index in [4.69, 9.17) is 0 Å². The first-order valence-corrected chi connectivity index (χ1v) is 7.33. The molecule has 1 aliphatic rings. The molecule has 1 aromatic heterocycles. The molecule has 2 heterocycles. The normalized spacial score (nSPS) is 18.6. The summed E-state index contributed by atoms with van der Waals surface area (Å²) in [6, 6.07) is 2.34. The van der Waals surface area contributed by atoms with Gasteiger partial charge in [0.1, 0.15) is 0 Å². The minimum Gasteiger partial charge on any atom is -0.317 e. The van der Waals surface area contributed by atoms with Crippen LogP contribution in [0.1, 0.15) is 18.9 Å². The molecular weight excluding hydrogens is 246 g/mol. The number of carbonyl (C=O) groups excluding carboxylic acids is 1. The number of anilines is 1. The predicted octanol–water partition coefficient (Wildman–Crippen LogP) is 1.68.